The lowest BCUT2D eigenvalue weighted by molar-refractivity contribution is -0.125. The van der Waals surface area contributed by atoms with Gasteiger partial charge >= 0.3 is 0 Å². The minimum atomic E-state index is -0.0326. The van der Waals surface area contributed by atoms with Crippen molar-refractivity contribution in [2.75, 3.05) is 6.54 Å². The summed E-state index contributed by atoms with van der Waals surface area (Å²) in [5.41, 5.74) is 2.45. The standard InChI is InChI=1S/C17H18N2O/c1-2-6-17(20)19-10-5-7-14(19)11-13-12-18-16-9-4-3-8-15(13)16/h3-4,8-9,12,14,18H,5,7,10-11H2,1H3/t14-/m0/s1. The molecule has 1 aliphatic rings. The van der Waals surface area contributed by atoms with Gasteiger partial charge in [0.2, 0.25) is 0 Å². The number of rotatable bonds is 2. The fourth-order valence-corrected chi connectivity index (χ4v) is 3.05. The Morgan fingerprint density at radius 1 is 1.45 bits per heavy atom. The van der Waals surface area contributed by atoms with Crippen molar-refractivity contribution in [1.82, 2.24) is 9.88 Å². The maximum atomic E-state index is 12.0. The molecule has 3 heteroatoms. The average molecular weight is 266 g/mol. The largest absolute Gasteiger partial charge is 0.361 e. The Labute approximate surface area is 119 Å². The number of likely N-dealkylation sites (tertiary alicyclic amines) is 1. The second-order valence-corrected chi connectivity index (χ2v) is 5.23. The molecule has 0 bridgehead atoms. The summed E-state index contributed by atoms with van der Waals surface area (Å²) in [6, 6.07) is 8.58. The summed E-state index contributed by atoms with van der Waals surface area (Å²) in [5.74, 6) is 5.34. The van der Waals surface area contributed by atoms with Gasteiger partial charge in [0.1, 0.15) is 0 Å². The van der Waals surface area contributed by atoms with Crippen LogP contribution in [0.4, 0.5) is 0 Å². The van der Waals surface area contributed by atoms with Gasteiger partial charge in [0.25, 0.3) is 5.91 Å². The summed E-state index contributed by atoms with van der Waals surface area (Å²) < 4.78 is 0. The van der Waals surface area contributed by atoms with E-state index < -0.39 is 0 Å². The number of hydrogen-bond acceptors (Lipinski definition) is 1. The van der Waals surface area contributed by atoms with Crippen LogP contribution in [-0.2, 0) is 11.2 Å². The summed E-state index contributed by atoms with van der Waals surface area (Å²) in [5, 5.41) is 1.26. The van der Waals surface area contributed by atoms with E-state index in [0.717, 1.165) is 31.3 Å². The van der Waals surface area contributed by atoms with Gasteiger partial charge in [-0.05, 0) is 43.7 Å². The second kappa shape index (κ2) is 5.42. The minimum Gasteiger partial charge on any atom is -0.361 e. The number of amides is 1. The zero-order valence-corrected chi connectivity index (χ0v) is 11.6. The van der Waals surface area contributed by atoms with Crippen molar-refractivity contribution in [3.05, 3.63) is 36.0 Å². The Kier molecular flexibility index (Phi) is 3.47. The van der Waals surface area contributed by atoms with Crippen LogP contribution in [0.25, 0.3) is 10.9 Å². The number of carbonyl (C=O) groups is 1. The summed E-state index contributed by atoms with van der Waals surface area (Å²) in [6.45, 7) is 2.54. The van der Waals surface area contributed by atoms with Gasteiger partial charge in [0, 0.05) is 29.7 Å². The first kappa shape index (κ1) is 12.8. The molecule has 1 aliphatic heterocycles. The van der Waals surface area contributed by atoms with E-state index in [2.05, 4.69) is 41.2 Å². The zero-order chi connectivity index (χ0) is 13.9. The molecule has 1 N–H and O–H groups in total. The Balaban J connectivity index is 1.82. The summed E-state index contributed by atoms with van der Waals surface area (Å²) in [6.07, 6.45) is 5.11. The maximum absolute atomic E-state index is 12.0. The first-order valence-corrected chi connectivity index (χ1v) is 7.08. The van der Waals surface area contributed by atoms with E-state index in [1.54, 1.807) is 6.92 Å². The topological polar surface area (TPSA) is 36.1 Å². The molecule has 1 amide bonds. The van der Waals surface area contributed by atoms with E-state index >= 15 is 0 Å². The number of aromatic nitrogens is 1. The van der Waals surface area contributed by atoms with Crippen LogP contribution in [0.1, 0.15) is 25.3 Å². The molecule has 1 atom stereocenters. The number of benzene rings is 1. The molecule has 1 saturated heterocycles. The third kappa shape index (κ3) is 2.30. The Hall–Kier alpha value is -2.21. The lowest BCUT2D eigenvalue weighted by Gasteiger charge is -2.22. The van der Waals surface area contributed by atoms with E-state index in [9.17, 15) is 4.79 Å². The van der Waals surface area contributed by atoms with Crippen molar-refractivity contribution in [3.63, 3.8) is 0 Å². The van der Waals surface area contributed by atoms with Gasteiger partial charge in [0.15, 0.2) is 0 Å². The first-order chi connectivity index (χ1) is 9.79. The highest BCUT2D eigenvalue weighted by atomic mass is 16.2. The number of nitrogens with one attached hydrogen (secondary N) is 1. The monoisotopic (exact) mass is 266 g/mol. The summed E-state index contributed by atoms with van der Waals surface area (Å²) in [7, 11) is 0. The smallest absolute Gasteiger partial charge is 0.298 e. The highest BCUT2D eigenvalue weighted by Gasteiger charge is 2.28. The van der Waals surface area contributed by atoms with Crippen molar-refractivity contribution in [2.45, 2.75) is 32.2 Å². The molecule has 1 aromatic carbocycles. The number of carbonyl (C=O) groups excluding carboxylic acids is 1. The predicted octanol–water partition coefficient (Wildman–Crippen LogP) is 2.72. The molecule has 1 fully saturated rings. The highest BCUT2D eigenvalue weighted by Crippen LogP contribution is 2.25. The van der Waals surface area contributed by atoms with Crippen molar-refractivity contribution in [3.8, 4) is 11.8 Å². The second-order valence-electron chi connectivity index (χ2n) is 5.23. The number of hydrogen-bond donors (Lipinski definition) is 1. The number of fused-ring (bicyclic) bond motifs is 1. The van der Waals surface area contributed by atoms with E-state index in [-0.39, 0.29) is 11.9 Å². The molecule has 3 rings (SSSR count). The molecule has 0 unspecified atom stereocenters. The third-order valence-electron chi connectivity index (χ3n) is 4.00. The van der Waals surface area contributed by atoms with Crippen LogP contribution in [0.5, 0.6) is 0 Å². The predicted molar refractivity (Wildman–Crippen MR) is 80.2 cm³/mol. The van der Waals surface area contributed by atoms with Crippen molar-refractivity contribution in [1.29, 1.82) is 0 Å². The molecular formula is C17H18N2O. The SMILES string of the molecule is CC#CC(=O)N1CCC[C@H]1Cc1c[nH]c2ccccc12. The van der Waals surface area contributed by atoms with Gasteiger partial charge < -0.3 is 9.88 Å². The highest BCUT2D eigenvalue weighted by molar-refractivity contribution is 5.94. The lowest BCUT2D eigenvalue weighted by atomic mass is 10.0. The van der Waals surface area contributed by atoms with E-state index in [4.69, 9.17) is 0 Å². The van der Waals surface area contributed by atoms with Crippen molar-refractivity contribution < 1.29 is 4.79 Å². The normalized spacial score (nSPS) is 18.1. The van der Waals surface area contributed by atoms with Gasteiger partial charge in [-0.3, -0.25) is 4.79 Å². The average Bonchev–Trinajstić information content (AvgIpc) is 3.07. The Morgan fingerprint density at radius 3 is 3.15 bits per heavy atom. The fourth-order valence-electron chi connectivity index (χ4n) is 3.05. The van der Waals surface area contributed by atoms with Crippen LogP contribution in [0.3, 0.4) is 0 Å². The third-order valence-corrected chi connectivity index (χ3v) is 4.00. The van der Waals surface area contributed by atoms with Gasteiger partial charge in [0.05, 0.1) is 0 Å². The van der Waals surface area contributed by atoms with E-state index in [0.29, 0.717) is 0 Å². The van der Waals surface area contributed by atoms with Gasteiger partial charge in [-0.15, -0.1) is 0 Å². The first-order valence-electron chi connectivity index (χ1n) is 7.08. The fraction of sp³-hybridized carbons (Fsp3) is 0.353. The Bertz CT molecular complexity index is 690. The van der Waals surface area contributed by atoms with Crippen LogP contribution in [0, 0.1) is 11.8 Å². The molecule has 102 valence electrons. The number of para-hydroxylation sites is 1. The van der Waals surface area contributed by atoms with E-state index in [1.807, 2.05) is 11.0 Å². The zero-order valence-electron chi connectivity index (χ0n) is 11.6. The molecule has 0 spiro atoms. The van der Waals surface area contributed by atoms with E-state index in [1.165, 1.54) is 10.9 Å². The van der Waals surface area contributed by atoms with Crippen LogP contribution >= 0.6 is 0 Å². The molecule has 3 nitrogen and oxygen atoms in total. The Morgan fingerprint density at radius 2 is 2.30 bits per heavy atom. The molecular weight excluding hydrogens is 248 g/mol. The minimum absolute atomic E-state index is 0.0326. The number of aromatic amines is 1. The number of H-pyrrole nitrogens is 1. The van der Waals surface area contributed by atoms with Gasteiger partial charge in [-0.2, -0.15) is 0 Å². The maximum Gasteiger partial charge on any atom is 0.298 e. The van der Waals surface area contributed by atoms with Gasteiger partial charge in [-0.1, -0.05) is 24.1 Å². The van der Waals surface area contributed by atoms with Crippen LogP contribution < -0.4 is 0 Å². The molecule has 0 radical (unpaired) electrons. The van der Waals surface area contributed by atoms with Gasteiger partial charge in [-0.25, -0.2) is 0 Å². The van der Waals surface area contributed by atoms with Crippen molar-refractivity contribution >= 4 is 16.8 Å². The lowest BCUT2D eigenvalue weighted by Crippen LogP contribution is -2.35. The molecule has 20 heavy (non-hydrogen) atoms. The molecule has 0 saturated carbocycles. The summed E-state index contributed by atoms with van der Waals surface area (Å²) in [4.78, 5) is 17.2. The van der Waals surface area contributed by atoms with Crippen LogP contribution in [0.2, 0.25) is 0 Å². The quantitative estimate of drug-likeness (QED) is 0.834. The van der Waals surface area contributed by atoms with Crippen LogP contribution in [0.15, 0.2) is 30.5 Å². The number of nitrogens with zero attached hydrogens (tertiary/aromatic N) is 1. The molecule has 0 aliphatic carbocycles. The van der Waals surface area contributed by atoms with Crippen molar-refractivity contribution in [2.24, 2.45) is 0 Å². The van der Waals surface area contributed by atoms with Crippen LogP contribution in [-0.4, -0.2) is 28.4 Å². The summed E-state index contributed by atoms with van der Waals surface area (Å²) >= 11 is 0. The molecule has 2 heterocycles. The molecule has 1 aromatic heterocycles. The molecule has 2 aromatic rings.